The molecule has 1 radical (unpaired) electrons. The average molecular weight is 455 g/mol. The summed E-state index contributed by atoms with van der Waals surface area (Å²) in [6.07, 6.45) is 2.62. The molecule has 2 aliphatic heterocycles. The van der Waals surface area contributed by atoms with E-state index in [-0.39, 0.29) is 17.4 Å². The average Bonchev–Trinajstić information content (AvgIpc) is 3.07. The lowest BCUT2D eigenvalue weighted by Gasteiger charge is -2.38. The number of aliphatic hydroxyl groups excluding tert-OH is 1. The largest absolute Gasteiger partial charge is 0.408 e. The van der Waals surface area contributed by atoms with Crippen LogP contribution in [0.5, 0.6) is 0 Å². The van der Waals surface area contributed by atoms with E-state index in [9.17, 15) is 5.11 Å². The molecule has 8 nitrogen and oxygen atoms in total. The summed E-state index contributed by atoms with van der Waals surface area (Å²) in [4.78, 5) is 17.1. The lowest BCUT2D eigenvalue weighted by Crippen LogP contribution is -2.45. The molecule has 1 aromatic carbocycles. The second kappa shape index (κ2) is 9.26. The molecule has 0 amide bonds. The number of rotatable bonds is 7. The lowest BCUT2D eigenvalue weighted by atomic mass is 10.1. The fourth-order valence-electron chi connectivity index (χ4n) is 4.00. The van der Waals surface area contributed by atoms with Gasteiger partial charge < -0.3 is 24.1 Å². The van der Waals surface area contributed by atoms with E-state index in [2.05, 4.69) is 52.8 Å². The highest BCUT2D eigenvalue weighted by atomic mass is 28.3. The number of ether oxygens (including phenoxy) is 1. The van der Waals surface area contributed by atoms with E-state index in [0.717, 1.165) is 11.4 Å². The number of hydrogen-bond acceptors (Lipinski definition) is 7. The normalized spacial score (nSPS) is 23.0. The number of hydrogen-bond donors (Lipinski definition) is 1. The molecule has 1 fully saturated rings. The van der Waals surface area contributed by atoms with Crippen LogP contribution in [0.15, 0.2) is 41.7 Å². The first-order valence-corrected chi connectivity index (χ1v) is 12.3. The van der Waals surface area contributed by atoms with Crippen molar-refractivity contribution in [2.45, 2.75) is 57.2 Å². The maximum absolute atomic E-state index is 10.7. The molecule has 1 aromatic heterocycles. The van der Waals surface area contributed by atoms with Crippen LogP contribution in [-0.2, 0) is 15.7 Å². The molecule has 0 spiro atoms. The Hall–Kier alpha value is -2.33. The minimum Gasteiger partial charge on any atom is -0.408 e. The Labute approximate surface area is 191 Å². The minimum atomic E-state index is -1.29. The van der Waals surface area contributed by atoms with E-state index >= 15 is 0 Å². The van der Waals surface area contributed by atoms with Crippen LogP contribution in [0.3, 0.4) is 0 Å². The monoisotopic (exact) mass is 454 g/mol. The minimum absolute atomic E-state index is 0.0196. The Bertz CT molecular complexity index is 950. The maximum Gasteiger partial charge on any atom is 0.252 e. The van der Waals surface area contributed by atoms with E-state index in [4.69, 9.17) is 9.16 Å². The molecule has 4 rings (SSSR count). The highest BCUT2D eigenvalue weighted by Crippen LogP contribution is 2.40. The molecule has 1 saturated heterocycles. The van der Waals surface area contributed by atoms with Crippen molar-refractivity contribution >= 4 is 32.2 Å². The summed E-state index contributed by atoms with van der Waals surface area (Å²) in [5.74, 6) is 1.51. The van der Waals surface area contributed by atoms with Crippen LogP contribution >= 0.6 is 0 Å². The van der Waals surface area contributed by atoms with Gasteiger partial charge in [0.05, 0.1) is 31.2 Å². The standard InChI is InChI=1S/C23H32N5O3Si/c1-23(2,3)32(16-9-7-6-8-10-16)30-13-19-18(29)11-20(31-19)28-12-17-21(26-15-27(4)5)24-14-25-22(17)28/h6-10,14-15,18-20,29H,11-13H2,1-5H3/t18?,19?,20-/m1/s1. The van der Waals surface area contributed by atoms with Crippen LogP contribution in [0.2, 0.25) is 5.04 Å². The van der Waals surface area contributed by atoms with Crippen LogP contribution in [-0.4, -0.2) is 74.5 Å². The third kappa shape index (κ3) is 4.85. The molecular formula is C23H32N5O3Si. The fourth-order valence-corrected chi connectivity index (χ4v) is 6.29. The zero-order valence-corrected chi connectivity index (χ0v) is 20.4. The van der Waals surface area contributed by atoms with Crippen molar-refractivity contribution in [1.29, 1.82) is 0 Å². The zero-order valence-electron chi connectivity index (χ0n) is 19.4. The Morgan fingerprint density at radius 3 is 2.72 bits per heavy atom. The topological polar surface area (TPSA) is 83.3 Å². The van der Waals surface area contributed by atoms with Crippen molar-refractivity contribution < 1.29 is 14.3 Å². The van der Waals surface area contributed by atoms with Gasteiger partial charge in [-0.05, 0) is 10.2 Å². The van der Waals surface area contributed by atoms with Gasteiger partial charge in [-0.1, -0.05) is 51.1 Å². The number of benzene rings is 1. The molecule has 2 aliphatic rings. The Balaban J connectivity index is 1.40. The molecule has 9 heteroatoms. The second-order valence-corrected chi connectivity index (χ2v) is 12.5. The molecule has 3 heterocycles. The van der Waals surface area contributed by atoms with Crippen molar-refractivity contribution in [3.05, 3.63) is 42.2 Å². The smallest absolute Gasteiger partial charge is 0.252 e. The van der Waals surface area contributed by atoms with Crippen molar-refractivity contribution in [3.8, 4) is 0 Å². The first kappa shape index (κ1) is 22.8. The van der Waals surface area contributed by atoms with E-state index in [1.165, 1.54) is 11.5 Å². The van der Waals surface area contributed by atoms with Gasteiger partial charge in [0.1, 0.15) is 24.5 Å². The third-order valence-electron chi connectivity index (χ3n) is 5.57. The summed E-state index contributed by atoms with van der Waals surface area (Å²) >= 11 is 0. The number of nitrogens with zero attached hydrogens (tertiary/aromatic N) is 5. The quantitative estimate of drug-likeness (QED) is 0.390. The highest BCUT2D eigenvalue weighted by Gasteiger charge is 2.43. The highest BCUT2D eigenvalue weighted by molar-refractivity contribution is 6.70. The fraction of sp³-hybridized carbons (Fsp3) is 0.522. The summed E-state index contributed by atoms with van der Waals surface area (Å²) < 4.78 is 12.7. The van der Waals surface area contributed by atoms with Crippen molar-refractivity contribution in [1.82, 2.24) is 14.9 Å². The predicted octanol–water partition coefficient (Wildman–Crippen LogP) is 2.21. The van der Waals surface area contributed by atoms with Crippen LogP contribution in [0.1, 0.15) is 32.8 Å². The van der Waals surface area contributed by atoms with E-state index in [0.29, 0.717) is 25.4 Å². The lowest BCUT2D eigenvalue weighted by molar-refractivity contribution is -0.0193. The van der Waals surface area contributed by atoms with Gasteiger partial charge in [0.25, 0.3) is 9.04 Å². The van der Waals surface area contributed by atoms with Gasteiger partial charge in [0, 0.05) is 20.5 Å². The molecule has 3 atom stereocenters. The summed E-state index contributed by atoms with van der Waals surface area (Å²) in [5.41, 5.74) is 1.01. The Morgan fingerprint density at radius 2 is 2.03 bits per heavy atom. The van der Waals surface area contributed by atoms with Crippen LogP contribution < -0.4 is 10.1 Å². The van der Waals surface area contributed by atoms with Crippen molar-refractivity contribution in [3.63, 3.8) is 0 Å². The predicted molar refractivity (Wildman–Crippen MR) is 127 cm³/mol. The van der Waals surface area contributed by atoms with E-state index in [1.54, 1.807) is 6.34 Å². The summed E-state index contributed by atoms with van der Waals surface area (Å²) in [7, 11) is 2.55. The maximum atomic E-state index is 10.7. The Kier molecular flexibility index (Phi) is 6.61. The molecular weight excluding hydrogens is 422 g/mol. The summed E-state index contributed by atoms with van der Waals surface area (Å²) in [6.45, 7) is 7.64. The van der Waals surface area contributed by atoms with Crippen LogP contribution in [0.25, 0.3) is 0 Å². The molecule has 2 aromatic rings. The van der Waals surface area contributed by atoms with Crippen molar-refractivity contribution in [2.75, 3.05) is 25.6 Å². The van der Waals surface area contributed by atoms with Gasteiger partial charge in [-0.15, -0.1) is 0 Å². The van der Waals surface area contributed by atoms with Crippen LogP contribution in [0.4, 0.5) is 11.6 Å². The SMILES string of the molecule is CN(C)C=Nc1ncnc2c1CN2[C@H]1CC(O)C(CO[Si](c2ccccc2)C(C)(C)C)O1. The Morgan fingerprint density at radius 1 is 1.28 bits per heavy atom. The number of anilines is 1. The molecule has 0 aliphatic carbocycles. The van der Waals surface area contributed by atoms with Crippen LogP contribution in [0, 0.1) is 0 Å². The van der Waals surface area contributed by atoms with Gasteiger partial charge in [0.2, 0.25) is 0 Å². The first-order valence-electron chi connectivity index (χ1n) is 10.9. The van der Waals surface area contributed by atoms with Gasteiger partial charge in [0.15, 0.2) is 5.82 Å². The van der Waals surface area contributed by atoms with Gasteiger partial charge in [-0.3, -0.25) is 0 Å². The van der Waals surface area contributed by atoms with E-state index in [1.807, 2.05) is 37.2 Å². The number of aliphatic hydroxyl groups is 1. The summed E-state index contributed by atoms with van der Waals surface area (Å²) in [6, 6.07) is 10.4. The molecule has 32 heavy (non-hydrogen) atoms. The van der Waals surface area contributed by atoms with E-state index < -0.39 is 15.1 Å². The summed E-state index contributed by atoms with van der Waals surface area (Å²) in [5, 5.41) is 11.9. The second-order valence-electron chi connectivity index (χ2n) is 9.52. The first-order chi connectivity index (χ1) is 15.2. The van der Waals surface area contributed by atoms with Gasteiger partial charge in [-0.25, -0.2) is 15.0 Å². The number of aromatic nitrogens is 2. The molecule has 0 bridgehead atoms. The van der Waals surface area contributed by atoms with Crippen molar-refractivity contribution in [2.24, 2.45) is 4.99 Å². The molecule has 2 unspecified atom stereocenters. The molecule has 1 N–H and O–H groups in total. The number of fused-ring (bicyclic) bond motifs is 1. The zero-order chi connectivity index (χ0) is 22.9. The van der Waals surface area contributed by atoms with Gasteiger partial charge >= 0.3 is 0 Å². The molecule has 171 valence electrons. The number of aliphatic imine (C=N–C) groups is 1. The third-order valence-corrected chi connectivity index (χ3v) is 8.25. The molecule has 0 saturated carbocycles. The van der Waals surface area contributed by atoms with Gasteiger partial charge in [-0.2, -0.15) is 0 Å².